The van der Waals surface area contributed by atoms with Crippen molar-refractivity contribution in [1.29, 1.82) is 0 Å². The van der Waals surface area contributed by atoms with Gasteiger partial charge in [0.1, 0.15) is 12.4 Å². The molecule has 4 heteroatoms. The maximum absolute atomic E-state index is 5.77. The maximum atomic E-state index is 5.77. The van der Waals surface area contributed by atoms with Crippen molar-refractivity contribution in [2.45, 2.75) is 24.8 Å². The molecule has 1 N–H and O–H groups in total. The van der Waals surface area contributed by atoms with Crippen molar-refractivity contribution in [2.24, 2.45) is 5.92 Å². The van der Waals surface area contributed by atoms with Crippen molar-refractivity contribution in [3.8, 4) is 5.75 Å². The summed E-state index contributed by atoms with van der Waals surface area (Å²) in [6, 6.07) is 2.65. The quantitative estimate of drug-likeness (QED) is 0.830. The molecule has 1 aromatic heterocycles. The Morgan fingerprint density at radius 3 is 3.00 bits per heavy atom. The SMILES string of the molecule is COC[C@@H]1C[C@@H]1c1cncc(OC[C@@H]2CCN2)c1. The summed E-state index contributed by atoms with van der Waals surface area (Å²) in [6.07, 6.45) is 6.18. The third kappa shape index (κ3) is 2.65. The third-order valence-electron chi connectivity index (χ3n) is 3.84. The fourth-order valence-electron chi connectivity index (χ4n) is 2.46. The average molecular weight is 248 g/mol. The normalized spacial score (nSPS) is 29.7. The van der Waals surface area contributed by atoms with Gasteiger partial charge in [-0.1, -0.05) is 0 Å². The Labute approximate surface area is 108 Å². The van der Waals surface area contributed by atoms with Gasteiger partial charge >= 0.3 is 0 Å². The van der Waals surface area contributed by atoms with Crippen LogP contribution in [0.4, 0.5) is 0 Å². The van der Waals surface area contributed by atoms with Crippen LogP contribution in [0.25, 0.3) is 0 Å². The van der Waals surface area contributed by atoms with Crippen LogP contribution in [0.15, 0.2) is 18.5 Å². The van der Waals surface area contributed by atoms with E-state index in [2.05, 4.69) is 16.4 Å². The molecular formula is C14H20N2O2. The van der Waals surface area contributed by atoms with Crippen LogP contribution in [-0.2, 0) is 4.74 Å². The Bertz CT molecular complexity index is 407. The molecule has 1 aromatic rings. The van der Waals surface area contributed by atoms with Gasteiger partial charge in [0.2, 0.25) is 0 Å². The molecule has 2 heterocycles. The number of hydrogen-bond acceptors (Lipinski definition) is 4. The summed E-state index contributed by atoms with van der Waals surface area (Å²) in [5.41, 5.74) is 1.29. The number of methoxy groups -OCH3 is 1. The number of hydrogen-bond donors (Lipinski definition) is 1. The minimum absolute atomic E-state index is 0.524. The van der Waals surface area contributed by atoms with E-state index in [1.165, 1.54) is 18.4 Å². The molecule has 0 radical (unpaired) electrons. The van der Waals surface area contributed by atoms with Crippen LogP contribution in [0.1, 0.15) is 24.3 Å². The molecule has 1 aliphatic carbocycles. The fourth-order valence-corrected chi connectivity index (χ4v) is 2.46. The molecule has 0 bridgehead atoms. The lowest BCUT2D eigenvalue weighted by Gasteiger charge is -2.27. The second kappa shape index (κ2) is 5.24. The molecule has 3 rings (SSSR count). The van der Waals surface area contributed by atoms with Gasteiger partial charge in [0.15, 0.2) is 0 Å². The first-order chi connectivity index (χ1) is 8.86. The lowest BCUT2D eigenvalue weighted by atomic mass is 10.1. The van der Waals surface area contributed by atoms with E-state index >= 15 is 0 Å². The molecule has 0 unspecified atom stereocenters. The average Bonchev–Trinajstić information content (AvgIpc) is 3.07. The molecule has 0 amide bonds. The monoisotopic (exact) mass is 248 g/mol. The number of aromatic nitrogens is 1. The largest absolute Gasteiger partial charge is 0.490 e. The highest BCUT2D eigenvalue weighted by Crippen LogP contribution is 2.47. The van der Waals surface area contributed by atoms with E-state index in [1.807, 2.05) is 6.20 Å². The molecule has 2 fully saturated rings. The standard InChI is InChI=1S/C14H20N2O2/c1-17-8-11-5-14(11)10-4-13(7-15-6-10)18-9-12-2-3-16-12/h4,6-7,11-12,14,16H,2-3,5,8-9H2,1H3/t11-,12-,14+/m0/s1. The zero-order chi connectivity index (χ0) is 12.4. The highest BCUT2D eigenvalue weighted by Gasteiger charge is 2.38. The summed E-state index contributed by atoms with van der Waals surface area (Å²) in [5.74, 6) is 2.17. The van der Waals surface area contributed by atoms with E-state index < -0.39 is 0 Å². The Balaban J connectivity index is 1.55. The summed E-state index contributed by atoms with van der Waals surface area (Å²) >= 11 is 0. The summed E-state index contributed by atoms with van der Waals surface area (Å²) in [4.78, 5) is 4.28. The van der Waals surface area contributed by atoms with Crippen LogP contribution in [0, 0.1) is 5.92 Å². The number of nitrogens with zero attached hydrogens (tertiary/aromatic N) is 1. The first-order valence-electron chi connectivity index (χ1n) is 6.67. The molecular weight excluding hydrogens is 228 g/mol. The lowest BCUT2D eigenvalue weighted by molar-refractivity contribution is 0.184. The fraction of sp³-hybridized carbons (Fsp3) is 0.643. The molecule has 2 aliphatic rings. The zero-order valence-electron chi connectivity index (χ0n) is 10.8. The number of nitrogens with one attached hydrogen (secondary N) is 1. The Morgan fingerprint density at radius 2 is 2.28 bits per heavy atom. The van der Waals surface area contributed by atoms with Gasteiger partial charge in [-0.2, -0.15) is 0 Å². The lowest BCUT2D eigenvalue weighted by Crippen LogP contribution is -2.46. The van der Waals surface area contributed by atoms with Crippen molar-refractivity contribution in [1.82, 2.24) is 10.3 Å². The second-order valence-electron chi connectivity index (χ2n) is 5.26. The molecule has 4 nitrogen and oxygen atoms in total. The van der Waals surface area contributed by atoms with E-state index in [0.29, 0.717) is 17.9 Å². The highest BCUT2D eigenvalue weighted by atomic mass is 16.5. The van der Waals surface area contributed by atoms with Crippen LogP contribution in [0.2, 0.25) is 0 Å². The van der Waals surface area contributed by atoms with Gasteiger partial charge < -0.3 is 14.8 Å². The molecule has 1 saturated heterocycles. The summed E-state index contributed by atoms with van der Waals surface area (Å²) in [7, 11) is 1.76. The van der Waals surface area contributed by atoms with Gasteiger partial charge in [-0.15, -0.1) is 0 Å². The van der Waals surface area contributed by atoms with Crippen LogP contribution in [-0.4, -0.2) is 37.9 Å². The van der Waals surface area contributed by atoms with Gasteiger partial charge in [-0.05, 0) is 42.9 Å². The topological polar surface area (TPSA) is 43.4 Å². The van der Waals surface area contributed by atoms with Gasteiger partial charge in [0, 0.05) is 26.0 Å². The van der Waals surface area contributed by atoms with E-state index in [1.54, 1.807) is 13.3 Å². The Kier molecular flexibility index (Phi) is 3.48. The Hall–Kier alpha value is -1.13. The first-order valence-corrected chi connectivity index (χ1v) is 6.67. The van der Waals surface area contributed by atoms with Gasteiger partial charge in [-0.25, -0.2) is 0 Å². The van der Waals surface area contributed by atoms with E-state index in [0.717, 1.165) is 25.5 Å². The number of ether oxygens (including phenoxy) is 2. The third-order valence-corrected chi connectivity index (χ3v) is 3.84. The minimum atomic E-state index is 0.524. The van der Waals surface area contributed by atoms with E-state index in [4.69, 9.17) is 9.47 Å². The van der Waals surface area contributed by atoms with Crippen LogP contribution >= 0.6 is 0 Å². The molecule has 3 atom stereocenters. The maximum Gasteiger partial charge on any atom is 0.137 e. The highest BCUT2D eigenvalue weighted by molar-refractivity contribution is 5.30. The number of rotatable bonds is 6. The van der Waals surface area contributed by atoms with Gasteiger partial charge in [0.05, 0.1) is 6.20 Å². The van der Waals surface area contributed by atoms with Crippen molar-refractivity contribution >= 4 is 0 Å². The van der Waals surface area contributed by atoms with Crippen molar-refractivity contribution in [2.75, 3.05) is 26.9 Å². The van der Waals surface area contributed by atoms with E-state index in [-0.39, 0.29) is 0 Å². The zero-order valence-corrected chi connectivity index (χ0v) is 10.8. The van der Waals surface area contributed by atoms with Crippen LogP contribution < -0.4 is 10.1 Å². The molecule has 1 aliphatic heterocycles. The van der Waals surface area contributed by atoms with Gasteiger partial charge in [-0.3, -0.25) is 4.98 Å². The van der Waals surface area contributed by atoms with Crippen molar-refractivity contribution in [3.05, 3.63) is 24.0 Å². The van der Waals surface area contributed by atoms with Gasteiger partial charge in [0.25, 0.3) is 0 Å². The predicted octanol–water partition coefficient (Wildman–Crippen LogP) is 1.57. The molecule has 0 spiro atoms. The summed E-state index contributed by atoms with van der Waals surface area (Å²) in [6.45, 7) is 2.71. The van der Waals surface area contributed by atoms with Crippen LogP contribution in [0.3, 0.4) is 0 Å². The van der Waals surface area contributed by atoms with Crippen molar-refractivity contribution in [3.63, 3.8) is 0 Å². The second-order valence-corrected chi connectivity index (χ2v) is 5.26. The molecule has 1 saturated carbocycles. The molecule has 98 valence electrons. The smallest absolute Gasteiger partial charge is 0.137 e. The molecule has 0 aromatic carbocycles. The van der Waals surface area contributed by atoms with Crippen molar-refractivity contribution < 1.29 is 9.47 Å². The summed E-state index contributed by atoms with van der Waals surface area (Å²) < 4.78 is 11.0. The summed E-state index contributed by atoms with van der Waals surface area (Å²) in [5, 5.41) is 3.33. The molecule has 18 heavy (non-hydrogen) atoms. The Morgan fingerprint density at radius 1 is 1.39 bits per heavy atom. The van der Waals surface area contributed by atoms with Crippen LogP contribution in [0.5, 0.6) is 5.75 Å². The minimum Gasteiger partial charge on any atom is -0.490 e. The first kappa shape index (κ1) is 11.9. The van der Waals surface area contributed by atoms with E-state index in [9.17, 15) is 0 Å². The predicted molar refractivity (Wildman–Crippen MR) is 68.9 cm³/mol. The number of pyridine rings is 1.